The molecule has 2 aromatic heterocycles. The molecular weight excluding hydrogens is 363 g/mol. The van der Waals surface area contributed by atoms with Crippen molar-refractivity contribution in [3.63, 3.8) is 0 Å². The SMILES string of the molecule is O=C(Nc1nc(-c2cccc(F)c2)cs1)c1ccc(Cn2cccn2)cc1. The first-order valence-corrected chi connectivity index (χ1v) is 9.14. The number of benzene rings is 2. The summed E-state index contributed by atoms with van der Waals surface area (Å²) in [7, 11) is 0. The number of amides is 1. The molecule has 0 aliphatic carbocycles. The molecule has 0 atom stereocenters. The number of thiazole rings is 1. The van der Waals surface area contributed by atoms with Gasteiger partial charge >= 0.3 is 0 Å². The van der Waals surface area contributed by atoms with Gasteiger partial charge in [0.2, 0.25) is 0 Å². The number of carbonyl (C=O) groups excluding carboxylic acids is 1. The first-order valence-electron chi connectivity index (χ1n) is 8.26. The molecule has 4 rings (SSSR count). The molecule has 0 saturated heterocycles. The van der Waals surface area contributed by atoms with E-state index in [4.69, 9.17) is 0 Å². The maximum absolute atomic E-state index is 13.3. The van der Waals surface area contributed by atoms with E-state index in [-0.39, 0.29) is 11.7 Å². The molecule has 0 spiro atoms. The van der Waals surface area contributed by atoms with Crippen LogP contribution in [-0.2, 0) is 6.54 Å². The molecule has 0 fully saturated rings. The predicted octanol–water partition coefficient (Wildman–Crippen LogP) is 4.45. The maximum atomic E-state index is 13.3. The lowest BCUT2D eigenvalue weighted by Crippen LogP contribution is -2.11. The number of halogens is 1. The monoisotopic (exact) mass is 378 g/mol. The van der Waals surface area contributed by atoms with Crippen molar-refractivity contribution in [2.24, 2.45) is 0 Å². The van der Waals surface area contributed by atoms with Crippen LogP contribution < -0.4 is 5.32 Å². The average molecular weight is 378 g/mol. The molecule has 27 heavy (non-hydrogen) atoms. The van der Waals surface area contributed by atoms with E-state index in [1.165, 1.54) is 23.5 Å². The zero-order chi connectivity index (χ0) is 18.6. The molecule has 0 aliphatic rings. The van der Waals surface area contributed by atoms with Crippen LogP contribution >= 0.6 is 11.3 Å². The highest BCUT2D eigenvalue weighted by Crippen LogP contribution is 2.25. The van der Waals surface area contributed by atoms with Crippen LogP contribution in [-0.4, -0.2) is 20.7 Å². The highest BCUT2D eigenvalue weighted by atomic mass is 32.1. The minimum absolute atomic E-state index is 0.235. The number of hydrogen-bond donors (Lipinski definition) is 1. The Hall–Kier alpha value is -3.32. The molecule has 2 aromatic carbocycles. The van der Waals surface area contributed by atoms with Crippen LogP contribution in [0.25, 0.3) is 11.3 Å². The second-order valence-corrected chi connectivity index (χ2v) is 6.76. The summed E-state index contributed by atoms with van der Waals surface area (Å²) in [6.45, 7) is 0.651. The summed E-state index contributed by atoms with van der Waals surface area (Å²) in [5, 5.41) is 9.21. The number of rotatable bonds is 5. The predicted molar refractivity (Wildman–Crippen MR) is 103 cm³/mol. The fourth-order valence-corrected chi connectivity index (χ4v) is 3.34. The van der Waals surface area contributed by atoms with Gasteiger partial charge in [-0.25, -0.2) is 9.37 Å². The Morgan fingerprint density at radius 3 is 2.74 bits per heavy atom. The van der Waals surface area contributed by atoms with Gasteiger partial charge in [0.05, 0.1) is 12.2 Å². The van der Waals surface area contributed by atoms with Gasteiger partial charge in [-0.05, 0) is 35.9 Å². The Morgan fingerprint density at radius 2 is 2.00 bits per heavy atom. The Morgan fingerprint density at radius 1 is 1.15 bits per heavy atom. The topological polar surface area (TPSA) is 59.8 Å². The highest BCUT2D eigenvalue weighted by Gasteiger charge is 2.10. The zero-order valence-corrected chi connectivity index (χ0v) is 15.0. The first-order chi connectivity index (χ1) is 13.2. The van der Waals surface area contributed by atoms with E-state index in [0.717, 1.165) is 5.56 Å². The van der Waals surface area contributed by atoms with Crippen molar-refractivity contribution in [3.8, 4) is 11.3 Å². The smallest absolute Gasteiger partial charge is 0.257 e. The maximum Gasteiger partial charge on any atom is 0.257 e. The van der Waals surface area contributed by atoms with Crippen molar-refractivity contribution in [2.75, 3.05) is 5.32 Å². The van der Waals surface area contributed by atoms with Gasteiger partial charge in [-0.1, -0.05) is 24.3 Å². The molecule has 7 heteroatoms. The quantitative estimate of drug-likeness (QED) is 0.558. The molecule has 0 saturated carbocycles. The van der Waals surface area contributed by atoms with Crippen molar-refractivity contribution in [1.82, 2.24) is 14.8 Å². The van der Waals surface area contributed by atoms with Crippen molar-refractivity contribution in [1.29, 1.82) is 0 Å². The molecule has 0 unspecified atom stereocenters. The number of aromatic nitrogens is 3. The van der Waals surface area contributed by atoms with Crippen molar-refractivity contribution >= 4 is 22.4 Å². The van der Waals surface area contributed by atoms with Crippen molar-refractivity contribution in [2.45, 2.75) is 6.54 Å². The molecule has 0 bridgehead atoms. The molecule has 134 valence electrons. The van der Waals surface area contributed by atoms with E-state index in [0.29, 0.717) is 28.5 Å². The second kappa shape index (κ2) is 7.51. The van der Waals surface area contributed by atoms with Crippen LogP contribution in [0, 0.1) is 5.82 Å². The summed E-state index contributed by atoms with van der Waals surface area (Å²) in [5.74, 6) is -0.554. The van der Waals surface area contributed by atoms with Crippen molar-refractivity contribution < 1.29 is 9.18 Å². The molecule has 0 radical (unpaired) electrons. The third-order valence-electron chi connectivity index (χ3n) is 3.96. The number of nitrogens with zero attached hydrogens (tertiary/aromatic N) is 3. The minimum atomic E-state index is -0.318. The Bertz CT molecular complexity index is 1060. The standard InChI is InChI=1S/C20H15FN4OS/c21-17-4-1-3-16(11-17)18-13-27-20(23-18)24-19(26)15-7-5-14(6-8-15)12-25-10-2-9-22-25/h1-11,13H,12H2,(H,23,24,26). The number of anilines is 1. The highest BCUT2D eigenvalue weighted by molar-refractivity contribution is 7.14. The van der Waals surface area contributed by atoms with Crippen molar-refractivity contribution in [3.05, 3.63) is 89.3 Å². The molecular formula is C20H15FN4OS. The summed E-state index contributed by atoms with van der Waals surface area (Å²) in [6, 6.07) is 15.4. The van der Waals surface area contributed by atoms with Crippen LogP contribution in [0.5, 0.6) is 0 Å². The van der Waals surface area contributed by atoms with Gasteiger partial charge in [0.1, 0.15) is 5.82 Å². The average Bonchev–Trinajstić information content (AvgIpc) is 3.34. The zero-order valence-electron chi connectivity index (χ0n) is 14.2. The summed E-state index contributed by atoms with van der Waals surface area (Å²) in [5.41, 5.74) is 2.90. The van der Waals surface area contributed by atoms with Gasteiger partial charge in [-0.15, -0.1) is 11.3 Å². The second-order valence-electron chi connectivity index (χ2n) is 5.90. The van der Waals surface area contributed by atoms with Crippen LogP contribution in [0.15, 0.2) is 72.4 Å². The lowest BCUT2D eigenvalue weighted by atomic mass is 10.1. The van der Waals surface area contributed by atoms with E-state index in [1.807, 2.05) is 29.1 Å². The molecule has 5 nitrogen and oxygen atoms in total. The van der Waals surface area contributed by atoms with E-state index in [2.05, 4.69) is 15.4 Å². The minimum Gasteiger partial charge on any atom is -0.298 e. The number of nitrogens with one attached hydrogen (secondary N) is 1. The van der Waals surface area contributed by atoms with Gasteiger partial charge in [-0.3, -0.25) is 14.8 Å². The largest absolute Gasteiger partial charge is 0.298 e. The van der Waals surface area contributed by atoms with Gasteiger partial charge in [0.15, 0.2) is 5.13 Å². The fraction of sp³-hybridized carbons (Fsp3) is 0.0500. The summed E-state index contributed by atoms with van der Waals surface area (Å²) >= 11 is 1.30. The van der Waals surface area contributed by atoms with Gasteiger partial charge in [0.25, 0.3) is 5.91 Å². The summed E-state index contributed by atoms with van der Waals surface area (Å²) in [4.78, 5) is 16.8. The third kappa shape index (κ3) is 4.09. The fourth-order valence-electron chi connectivity index (χ4n) is 2.62. The normalized spacial score (nSPS) is 10.7. The van der Waals surface area contributed by atoms with Crippen LogP contribution in [0.3, 0.4) is 0 Å². The lowest BCUT2D eigenvalue weighted by molar-refractivity contribution is 0.102. The van der Waals surface area contributed by atoms with Gasteiger partial charge in [-0.2, -0.15) is 5.10 Å². The third-order valence-corrected chi connectivity index (χ3v) is 4.72. The number of hydrogen-bond acceptors (Lipinski definition) is 4. The molecule has 0 aliphatic heterocycles. The first kappa shape index (κ1) is 17.1. The van der Waals surface area contributed by atoms with E-state index in [9.17, 15) is 9.18 Å². The molecule has 4 aromatic rings. The molecule has 2 heterocycles. The summed E-state index contributed by atoms with van der Waals surface area (Å²) < 4.78 is 15.2. The van der Waals surface area contributed by atoms with Crippen LogP contribution in [0.4, 0.5) is 9.52 Å². The van der Waals surface area contributed by atoms with Crippen LogP contribution in [0.1, 0.15) is 15.9 Å². The Balaban J connectivity index is 1.43. The van der Waals surface area contributed by atoms with E-state index < -0.39 is 0 Å². The van der Waals surface area contributed by atoms with Gasteiger partial charge < -0.3 is 0 Å². The van der Waals surface area contributed by atoms with Gasteiger partial charge in [0, 0.05) is 28.9 Å². The molecule has 1 amide bonds. The Labute approximate surface area is 159 Å². The van der Waals surface area contributed by atoms with E-state index in [1.54, 1.807) is 35.8 Å². The van der Waals surface area contributed by atoms with Crippen LogP contribution in [0.2, 0.25) is 0 Å². The summed E-state index contributed by atoms with van der Waals surface area (Å²) in [6.07, 6.45) is 3.62. The number of carbonyl (C=O) groups is 1. The molecule has 1 N–H and O–H groups in total. The Kier molecular flexibility index (Phi) is 4.76. The lowest BCUT2D eigenvalue weighted by Gasteiger charge is -2.05. The van der Waals surface area contributed by atoms with E-state index >= 15 is 0 Å².